The summed E-state index contributed by atoms with van der Waals surface area (Å²) in [6.07, 6.45) is 0. The molecule has 6 heteroatoms. The normalized spacial score (nSPS) is 11.2. The zero-order valence-corrected chi connectivity index (χ0v) is 17.1. The molecule has 3 aromatic carbocycles. The quantitative estimate of drug-likeness (QED) is 0.319. The molecule has 0 amide bonds. The van der Waals surface area contributed by atoms with E-state index in [0.29, 0.717) is 33.4 Å². The van der Waals surface area contributed by atoms with Crippen LogP contribution >= 0.6 is 11.8 Å². The van der Waals surface area contributed by atoms with Crippen molar-refractivity contribution in [3.8, 4) is 11.4 Å². The smallest absolute Gasteiger partial charge is 0.283 e. The average Bonchev–Trinajstić information content (AvgIpc) is 3.17. The largest absolute Gasteiger partial charge is 0.495 e. The first-order chi connectivity index (χ1) is 14.8. The van der Waals surface area contributed by atoms with E-state index < -0.39 is 0 Å². The second-order valence-corrected chi connectivity index (χ2v) is 7.82. The van der Waals surface area contributed by atoms with Gasteiger partial charge in [0.15, 0.2) is 5.16 Å². The molecule has 0 aliphatic heterocycles. The Kier molecular flexibility index (Phi) is 4.77. The number of ether oxygens (including phenoxy) is 1. The van der Waals surface area contributed by atoms with Crippen LogP contribution in [0.25, 0.3) is 27.6 Å². The lowest BCUT2D eigenvalue weighted by molar-refractivity contribution is 0.411. The van der Waals surface area contributed by atoms with E-state index in [1.165, 1.54) is 17.3 Å². The van der Waals surface area contributed by atoms with Crippen molar-refractivity contribution in [2.45, 2.75) is 10.9 Å². The van der Waals surface area contributed by atoms with Crippen molar-refractivity contribution in [3.63, 3.8) is 0 Å². The van der Waals surface area contributed by atoms with Crippen molar-refractivity contribution < 1.29 is 4.74 Å². The Hall–Kier alpha value is -3.51. The molecule has 0 atom stereocenters. The van der Waals surface area contributed by atoms with Crippen LogP contribution in [-0.2, 0) is 5.75 Å². The van der Waals surface area contributed by atoms with Gasteiger partial charge >= 0.3 is 0 Å². The molecule has 0 aliphatic rings. The van der Waals surface area contributed by atoms with Crippen molar-refractivity contribution in [1.29, 1.82) is 0 Å². The summed E-state index contributed by atoms with van der Waals surface area (Å²) >= 11 is 1.54. The lowest BCUT2D eigenvalue weighted by Crippen LogP contribution is -2.22. The number of hydrogen-bond donors (Lipinski definition) is 1. The van der Waals surface area contributed by atoms with E-state index in [1.54, 1.807) is 11.7 Å². The first-order valence-electron chi connectivity index (χ1n) is 9.60. The van der Waals surface area contributed by atoms with Gasteiger partial charge in [0.25, 0.3) is 5.56 Å². The fourth-order valence-corrected chi connectivity index (χ4v) is 4.54. The molecule has 30 heavy (non-hydrogen) atoms. The van der Waals surface area contributed by atoms with Gasteiger partial charge in [-0.15, -0.1) is 0 Å². The predicted molar refractivity (Wildman–Crippen MR) is 122 cm³/mol. The van der Waals surface area contributed by atoms with Crippen molar-refractivity contribution in [3.05, 3.63) is 94.8 Å². The molecule has 0 radical (unpaired) electrons. The maximum Gasteiger partial charge on any atom is 0.283 e. The van der Waals surface area contributed by atoms with Crippen molar-refractivity contribution in [2.24, 2.45) is 0 Å². The Morgan fingerprint density at radius 3 is 2.53 bits per heavy atom. The molecule has 5 rings (SSSR count). The molecular weight excluding hydrogens is 394 g/mol. The van der Waals surface area contributed by atoms with E-state index in [4.69, 9.17) is 9.72 Å². The molecule has 148 valence electrons. The second-order valence-electron chi connectivity index (χ2n) is 6.88. The SMILES string of the molecule is COc1ccccc1-n1c(SCc2ccccc2)nc2c([nH]c3ccccc32)c1=O. The molecule has 0 unspecified atom stereocenters. The van der Waals surface area contributed by atoms with E-state index in [-0.39, 0.29) is 5.56 Å². The number of fused-ring (bicyclic) bond motifs is 3. The first kappa shape index (κ1) is 18.5. The summed E-state index contributed by atoms with van der Waals surface area (Å²) in [7, 11) is 1.61. The number of benzene rings is 3. The molecule has 5 nitrogen and oxygen atoms in total. The Morgan fingerprint density at radius 2 is 1.70 bits per heavy atom. The van der Waals surface area contributed by atoms with Crippen molar-refractivity contribution in [2.75, 3.05) is 7.11 Å². The number of thioether (sulfide) groups is 1. The van der Waals surface area contributed by atoms with Crippen LogP contribution in [0.5, 0.6) is 5.75 Å². The van der Waals surface area contributed by atoms with Gasteiger partial charge in [-0.2, -0.15) is 0 Å². The van der Waals surface area contributed by atoms with Gasteiger partial charge in [0.2, 0.25) is 0 Å². The highest BCUT2D eigenvalue weighted by atomic mass is 32.2. The number of hydrogen-bond acceptors (Lipinski definition) is 4. The summed E-state index contributed by atoms with van der Waals surface area (Å²) in [6.45, 7) is 0. The fourth-order valence-electron chi connectivity index (χ4n) is 3.59. The summed E-state index contributed by atoms with van der Waals surface area (Å²) in [4.78, 5) is 21.8. The minimum Gasteiger partial charge on any atom is -0.495 e. The number of aromatic nitrogens is 3. The Labute approximate surface area is 177 Å². The highest BCUT2D eigenvalue weighted by molar-refractivity contribution is 7.98. The lowest BCUT2D eigenvalue weighted by atomic mass is 10.2. The number of H-pyrrole nitrogens is 1. The van der Waals surface area contributed by atoms with Crippen LogP contribution in [0.2, 0.25) is 0 Å². The van der Waals surface area contributed by atoms with Crippen LogP contribution < -0.4 is 10.3 Å². The van der Waals surface area contributed by atoms with Gasteiger partial charge in [0.05, 0.1) is 12.8 Å². The van der Waals surface area contributed by atoms with Crippen molar-refractivity contribution >= 4 is 33.7 Å². The zero-order chi connectivity index (χ0) is 20.5. The molecule has 0 saturated heterocycles. The van der Waals surface area contributed by atoms with E-state index >= 15 is 0 Å². The standard InChI is InChI=1S/C24H19N3O2S/c1-29-20-14-8-7-13-19(20)27-23(28)22-21(17-11-5-6-12-18(17)25-22)26-24(27)30-15-16-9-3-2-4-10-16/h2-14,25H,15H2,1H3. The number of para-hydroxylation sites is 3. The van der Waals surface area contributed by atoms with E-state index in [1.807, 2.05) is 66.7 Å². The maximum atomic E-state index is 13.6. The van der Waals surface area contributed by atoms with Crippen LogP contribution in [0.1, 0.15) is 5.56 Å². The maximum absolute atomic E-state index is 13.6. The van der Waals surface area contributed by atoms with Gasteiger partial charge in [-0.25, -0.2) is 9.55 Å². The summed E-state index contributed by atoms with van der Waals surface area (Å²) in [5, 5.41) is 1.57. The van der Waals surface area contributed by atoms with Gasteiger partial charge < -0.3 is 9.72 Å². The number of aromatic amines is 1. The Balaban J connectivity index is 1.76. The molecule has 0 aliphatic carbocycles. The van der Waals surface area contributed by atoms with Crippen LogP contribution in [0.3, 0.4) is 0 Å². The fraction of sp³-hybridized carbons (Fsp3) is 0.0833. The first-order valence-corrected chi connectivity index (χ1v) is 10.6. The summed E-state index contributed by atoms with van der Waals surface area (Å²) in [5.41, 5.74) is 3.78. The lowest BCUT2D eigenvalue weighted by Gasteiger charge is -2.15. The molecule has 0 fully saturated rings. The molecule has 1 N–H and O–H groups in total. The highest BCUT2D eigenvalue weighted by Crippen LogP contribution is 2.30. The zero-order valence-electron chi connectivity index (χ0n) is 16.3. The number of nitrogens with zero attached hydrogens (tertiary/aromatic N) is 2. The number of nitrogens with one attached hydrogen (secondary N) is 1. The van der Waals surface area contributed by atoms with Crippen LogP contribution in [0, 0.1) is 0 Å². The molecule has 2 aromatic heterocycles. The molecule has 0 spiro atoms. The molecule has 0 saturated carbocycles. The summed E-state index contributed by atoms with van der Waals surface area (Å²) < 4.78 is 7.18. The average molecular weight is 414 g/mol. The third kappa shape index (κ3) is 3.15. The van der Waals surface area contributed by atoms with Crippen LogP contribution in [0.15, 0.2) is 88.8 Å². The van der Waals surface area contributed by atoms with Gasteiger partial charge in [0.1, 0.15) is 16.8 Å². The van der Waals surface area contributed by atoms with Crippen LogP contribution in [0.4, 0.5) is 0 Å². The highest BCUT2D eigenvalue weighted by Gasteiger charge is 2.19. The minimum absolute atomic E-state index is 0.142. The Bertz CT molecular complexity index is 1410. The number of methoxy groups -OCH3 is 1. The summed E-state index contributed by atoms with van der Waals surface area (Å²) in [5.74, 6) is 1.33. The minimum atomic E-state index is -0.142. The number of rotatable bonds is 5. The molecular formula is C24H19N3O2S. The molecule has 0 bridgehead atoms. The van der Waals surface area contributed by atoms with Gasteiger partial charge in [-0.1, -0.05) is 72.4 Å². The van der Waals surface area contributed by atoms with E-state index in [0.717, 1.165) is 10.9 Å². The topological polar surface area (TPSA) is 59.9 Å². The molecule has 2 heterocycles. The van der Waals surface area contributed by atoms with Gasteiger partial charge in [-0.05, 0) is 23.8 Å². The van der Waals surface area contributed by atoms with E-state index in [9.17, 15) is 4.79 Å². The molecule has 5 aromatic rings. The van der Waals surface area contributed by atoms with Crippen LogP contribution in [-0.4, -0.2) is 21.6 Å². The third-order valence-electron chi connectivity index (χ3n) is 5.03. The monoisotopic (exact) mass is 413 g/mol. The summed E-state index contributed by atoms with van der Waals surface area (Å²) in [6, 6.07) is 25.5. The van der Waals surface area contributed by atoms with Gasteiger partial charge in [0, 0.05) is 16.7 Å². The van der Waals surface area contributed by atoms with Gasteiger partial charge in [-0.3, -0.25) is 4.79 Å². The second kappa shape index (κ2) is 7.72. The third-order valence-corrected chi connectivity index (χ3v) is 6.04. The van der Waals surface area contributed by atoms with E-state index in [2.05, 4.69) is 17.1 Å². The van der Waals surface area contributed by atoms with Crippen molar-refractivity contribution in [1.82, 2.24) is 14.5 Å². The predicted octanol–water partition coefficient (Wildman–Crippen LogP) is 5.17. The Morgan fingerprint density at radius 1 is 0.967 bits per heavy atom.